The van der Waals surface area contributed by atoms with Crippen LogP contribution in [0.2, 0.25) is 0 Å². The third-order valence-electron chi connectivity index (χ3n) is 8.49. The van der Waals surface area contributed by atoms with Gasteiger partial charge in [-0.2, -0.15) is 0 Å². The number of aryl methyl sites for hydroxylation is 1. The van der Waals surface area contributed by atoms with Crippen molar-refractivity contribution in [2.45, 2.75) is 103 Å². The van der Waals surface area contributed by atoms with E-state index in [0.29, 0.717) is 5.92 Å². The van der Waals surface area contributed by atoms with Gasteiger partial charge in [-0.15, -0.1) is 0 Å². The van der Waals surface area contributed by atoms with Crippen molar-refractivity contribution < 1.29 is 0 Å². The molecule has 2 aromatic carbocycles. The number of hydrogen-bond donors (Lipinski definition) is 0. The molecule has 2 fully saturated rings. The molecule has 0 saturated heterocycles. The SMILES string of the molecule is CCCC[C@H]1CC[C@H](c2ccc(C#CC=C[C@H]3CC[C@H](c4ccc(CC)cc4)CC3)cc2)CC1. The zero-order valence-electron chi connectivity index (χ0n) is 21.6. The first-order valence-electron chi connectivity index (χ1n) is 14.1. The van der Waals surface area contributed by atoms with Crippen LogP contribution in [-0.4, -0.2) is 0 Å². The summed E-state index contributed by atoms with van der Waals surface area (Å²) >= 11 is 0. The minimum Gasteiger partial charge on any atom is -0.0730 e. The summed E-state index contributed by atoms with van der Waals surface area (Å²) in [4.78, 5) is 0. The molecule has 180 valence electrons. The number of benzene rings is 2. The Kier molecular flexibility index (Phi) is 9.50. The largest absolute Gasteiger partial charge is 0.0730 e. The van der Waals surface area contributed by atoms with Gasteiger partial charge < -0.3 is 0 Å². The Labute approximate surface area is 209 Å². The molecule has 0 bridgehead atoms. The van der Waals surface area contributed by atoms with E-state index in [-0.39, 0.29) is 0 Å². The van der Waals surface area contributed by atoms with Crippen molar-refractivity contribution in [2.24, 2.45) is 11.8 Å². The van der Waals surface area contributed by atoms with Crippen LogP contribution in [0.15, 0.2) is 60.7 Å². The third kappa shape index (κ3) is 7.12. The van der Waals surface area contributed by atoms with Gasteiger partial charge in [-0.05, 0) is 116 Å². The molecule has 0 aromatic heterocycles. The van der Waals surface area contributed by atoms with Crippen LogP contribution in [0, 0.1) is 23.7 Å². The Balaban J connectivity index is 1.21. The normalized spacial score (nSPS) is 25.1. The second-order valence-corrected chi connectivity index (χ2v) is 10.8. The first kappa shape index (κ1) is 24.9. The smallest absolute Gasteiger partial charge is 0.0249 e. The average molecular weight is 453 g/mol. The highest BCUT2D eigenvalue weighted by Gasteiger charge is 2.22. The van der Waals surface area contributed by atoms with E-state index in [1.807, 2.05) is 0 Å². The number of allylic oxidation sites excluding steroid dienone is 2. The van der Waals surface area contributed by atoms with Gasteiger partial charge in [-0.25, -0.2) is 0 Å². The molecule has 2 aromatic rings. The van der Waals surface area contributed by atoms with E-state index < -0.39 is 0 Å². The first-order valence-corrected chi connectivity index (χ1v) is 14.1. The fraction of sp³-hybridized carbons (Fsp3) is 0.529. The minimum absolute atomic E-state index is 0.690. The van der Waals surface area contributed by atoms with Crippen molar-refractivity contribution in [3.63, 3.8) is 0 Å². The van der Waals surface area contributed by atoms with Crippen LogP contribution >= 0.6 is 0 Å². The second kappa shape index (κ2) is 13.0. The maximum Gasteiger partial charge on any atom is 0.0249 e. The zero-order chi connectivity index (χ0) is 23.6. The maximum absolute atomic E-state index is 3.35. The molecular weight excluding hydrogens is 408 g/mol. The summed E-state index contributed by atoms with van der Waals surface area (Å²) < 4.78 is 0. The van der Waals surface area contributed by atoms with E-state index in [1.54, 1.807) is 0 Å². The van der Waals surface area contributed by atoms with Crippen LogP contribution in [0.4, 0.5) is 0 Å². The van der Waals surface area contributed by atoms with E-state index in [2.05, 4.69) is 86.4 Å². The lowest BCUT2D eigenvalue weighted by atomic mass is 9.77. The molecule has 0 radical (unpaired) electrons. The highest BCUT2D eigenvalue weighted by atomic mass is 14.3. The topological polar surface area (TPSA) is 0 Å². The van der Waals surface area contributed by atoms with Crippen molar-refractivity contribution in [1.82, 2.24) is 0 Å². The third-order valence-corrected chi connectivity index (χ3v) is 8.49. The van der Waals surface area contributed by atoms with Gasteiger partial charge in [0.25, 0.3) is 0 Å². The number of hydrogen-bond acceptors (Lipinski definition) is 0. The highest BCUT2D eigenvalue weighted by Crippen LogP contribution is 2.38. The quantitative estimate of drug-likeness (QED) is 0.367. The van der Waals surface area contributed by atoms with Crippen LogP contribution in [0.1, 0.15) is 119 Å². The van der Waals surface area contributed by atoms with E-state index in [1.165, 1.54) is 87.3 Å². The fourth-order valence-electron chi connectivity index (χ4n) is 6.10. The van der Waals surface area contributed by atoms with Crippen molar-refractivity contribution >= 4 is 0 Å². The molecule has 0 unspecified atom stereocenters. The van der Waals surface area contributed by atoms with Gasteiger partial charge in [-0.1, -0.05) is 87.4 Å². The van der Waals surface area contributed by atoms with E-state index in [4.69, 9.17) is 0 Å². The summed E-state index contributed by atoms with van der Waals surface area (Å²) in [5, 5.41) is 0. The minimum atomic E-state index is 0.690. The summed E-state index contributed by atoms with van der Waals surface area (Å²) in [7, 11) is 0. The molecule has 0 nitrogen and oxygen atoms in total. The van der Waals surface area contributed by atoms with Gasteiger partial charge in [-0.3, -0.25) is 0 Å². The molecule has 0 atom stereocenters. The average Bonchev–Trinajstić information content (AvgIpc) is 2.91. The summed E-state index contributed by atoms with van der Waals surface area (Å²) in [5.41, 5.74) is 5.64. The Bertz CT molecular complexity index is 934. The molecule has 2 saturated carbocycles. The molecule has 0 heterocycles. The van der Waals surface area contributed by atoms with Crippen LogP contribution in [0.25, 0.3) is 0 Å². The predicted octanol–water partition coefficient (Wildman–Crippen LogP) is 9.59. The van der Waals surface area contributed by atoms with Gasteiger partial charge in [0.15, 0.2) is 0 Å². The highest BCUT2D eigenvalue weighted by molar-refractivity contribution is 5.39. The Hall–Kier alpha value is -2.26. The van der Waals surface area contributed by atoms with Crippen molar-refractivity contribution in [3.05, 3.63) is 82.9 Å². The molecule has 0 spiro atoms. The van der Waals surface area contributed by atoms with Gasteiger partial charge in [0.1, 0.15) is 0 Å². The summed E-state index contributed by atoms with van der Waals surface area (Å²) in [6.45, 7) is 4.54. The molecule has 2 aliphatic rings. The number of rotatable bonds is 7. The summed E-state index contributed by atoms with van der Waals surface area (Å²) in [6, 6.07) is 18.5. The standard InChI is InChI=1S/C34H44/c1-3-5-8-28-13-21-33(22-14-28)34-25-17-30(18-26-34)10-7-6-9-29-15-23-32(24-16-29)31-19-11-27(4-2)12-20-31/h6,9,11-12,17-20,25-26,28-29,32-33H,3-5,8,13-16,21-24H2,1-2H3/t28-,29-,32-,33-. The fourth-order valence-corrected chi connectivity index (χ4v) is 6.10. The van der Waals surface area contributed by atoms with Gasteiger partial charge in [0, 0.05) is 5.56 Å². The van der Waals surface area contributed by atoms with Crippen molar-refractivity contribution in [3.8, 4) is 11.8 Å². The monoisotopic (exact) mass is 452 g/mol. The van der Waals surface area contributed by atoms with E-state index in [9.17, 15) is 0 Å². The van der Waals surface area contributed by atoms with Crippen LogP contribution in [0.5, 0.6) is 0 Å². The van der Waals surface area contributed by atoms with Crippen LogP contribution in [-0.2, 0) is 6.42 Å². The first-order chi connectivity index (χ1) is 16.7. The molecule has 34 heavy (non-hydrogen) atoms. The Morgan fingerprint density at radius 3 is 1.91 bits per heavy atom. The lowest BCUT2D eigenvalue weighted by Crippen LogP contribution is -2.13. The van der Waals surface area contributed by atoms with Crippen molar-refractivity contribution in [1.29, 1.82) is 0 Å². The lowest BCUT2D eigenvalue weighted by Gasteiger charge is -2.28. The maximum atomic E-state index is 3.35. The van der Waals surface area contributed by atoms with Crippen LogP contribution in [0.3, 0.4) is 0 Å². The van der Waals surface area contributed by atoms with E-state index in [0.717, 1.165) is 29.7 Å². The second-order valence-electron chi connectivity index (χ2n) is 10.8. The predicted molar refractivity (Wildman–Crippen MR) is 147 cm³/mol. The molecule has 4 rings (SSSR count). The van der Waals surface area contributed by atoms with Crippen LogP contribution < -0.4 is 0 Å². The van der Waals surface area contributed by atoms with Gasteiger partial charge in [0.05, 0.1) is 0 Å². The molecule has 2 aliphatic carbocycles. The molecule has 0 heteroatoms. The van der Waals surface area contributed by atoms with Crippen molar-refractivity contribution in [2.75, 3.05) is 0 Å². The molecule has 0 N–H and O–H groups in total. The molecule has 0 aliphatic heterocycles. The zero-order valence-corrected chi connectivity index (χ0v) is 21.6. The molecular formula is C34H44. The molecule has 0 amide bonds. The van der Waals surface area contributed by atoms with E-state index >= 15 is 0 Å². The Morgan fingerprint density at radius 2 is 1.32 bits per heavy atom. The summed E-state index contributed by atoms with van der Waals surface area (Å²) in [5.74, 6) is 9.83. The van der Waals surface area contributed by atoms with Gasteiger partial charge in [0.2, 0.25) is 0 Å². The Morgan fingerprint density at radius 1 is 0.735 bits per heavy atom. The number of unbranched alkanes of at least 4 members (excludes halogenated alkanes) is 1. The van der Waals surface area contributed by atoms with Gasteiger partial charge >= 0.3 is 0 Å². The summed E-state index contributed by atoms with van der Waals surface area (Å²) in [6.07, 6.45) is 20.5. The lowest BCUT2D eigenvalue weighted by molar-refractivity contribution is 0.304.